The van der Waals surface area contributed by atoms with Gasteiger partial charge in [0.15, 0.2) is 0 Å². The maximum atomic E-state index is 12.0. The fourth-order valence-electron chi connectivity index (χ4n) is 1.57. The zero-order valence-electron chi connectivity index (χ0n) is 10.7. The number of nitrogens with zero attached hydrogens (tertiary/aromatic N) is 1. The molecule has 110 valence electrons. The number of carbonyl (C=O) groups is 2. The number of ether oxygens (including phenoxy) is 1. The number of hydrogen-bond acceptors (Lipinski definition) is 6. The predicted octanol–water partition coefficient (Wildman–Crippen LogP) is 0.214. The Morgan fingerprint density at radius 1 is 1.47 bits per heavy atom. The van der Waals surface area contributed by atoms with Crippen LogP contribution < -0.4 is 4.72 Å². The summed E-state index contributed by atoms with van der Waals surface area (Å²) >= 11 is 1.18. The molecule has 0 aromatic carbocycles. The van der Waals surface area contributed by atoms with Crippen LogP contribution in [-0.2, 0) is 19.7 Å². The zero-order chi connectivity index (χ0) is 14.8. The van der Waals surface area contributed by atoms with Gasteiger partial charge in [0.25, 0.3) is 0 Å². The average molecular weight is 312 g/mol. The molecular weight excluding hydrogens is 296 g/mol. The lowest BCUT2D eigenvalue weighted by molar-refractivity contribution is -0.140. The van der Waals surface area contributed by atoms with Crippen molar-refractivity contribution in [2.45, 2.75) is 38.3 Å². The van der Waals surface area contributed by atoms with E-state index in [0.29, 0.717) is 0 Å². The zero-order valence-corrected chi connectivity index (χ0v) is 12.3. The van der Waals surface area contributed by atoms with E-state index in [1.807, 2.05) is 0 Å². The molecule has 0 radical (unpaired) electrons. The minimum atomic E-state index is -4.24. The summed E-state index contributed by atoms with van der Waals surface area (Å²) in [5.41, 5.74) is 0. The van der Waals surface area contributed by atoms with E-state index in [1.54, 1.807) is 25.5 Å². The highest BCUT2D eigenvalue weighted by atomic mass is 32.2. The Morgan fingerprint density at radius 3 is 2.53 bits per heavy atom. The lowest BCUT2D eigenvalue weighted by Crippen LogP contribution is -2.51. The highest BCUT2D eigenvalue weighted by molar-refractivity contribution is 8.01. The molecule has 2 atom stereocenters. The van der Waals surface area contributed by atoms with Crippen molar-refractivity contribution in [2.75, 3.05) is 5.75 Å². The van der Waals surface area contributed by atoms with E-state index in [2.05, 4.69) is 4.74 Å². The van der Waals surface area contributed by atoms with Crippen LogP contribution in [0.1, 0.15) is 20.8 Å². The minimum Gasteiger partial charge on any atom is -0.480 e. The summed E-state index contributed by atoms with van der Waals surface area (Å²) in [6, 6.07) is -1.19. The second-order valence-corrected chi connectivity index (χ2v) is 7.10. The number of carbonyl (C=O) groups excluding carboxylic acids is 1. The third kappa shape index (κ3) is 3.98. The van der Waals surface area contributed by atoms with Crippen molar-refractivity contribution in [2.24, 2.45) is 0 Å². The number of carboxylic acids is 1. The molecule has 1 aliphatic rings. The monoisotopic (exact) mass is 312 g/mol. The Hall–Kier alpha value is -1.00. The number of carboxylic acid groups (broad SMARTS) is 1. The van der Waals surface area contributed by atoms with Crippen LogP contribution in [0.25, 0.3) is 0 Å². The largest absolute Gasteiger partial charge is 0.480 e. The molecule has 2 N–H and O–H groups in total. The summed E-state index contributed by atoms with van der Waals surface area (Å²) in [6.45, 7) is 4.70. The number of aliphatic carboxylic acids is 1. The van der Waals surface area contributed by atoms with Gasteiger partial charge >= 0.3 is 22.3 Å². The highest BCUT2D eigenvalue weighted by Crippen LogP contribution is 2.30. The molecule has 0 aromatic rings. The quantitative estimate of drug-likeness (QED) is 0.763. The molecule has 1 aliphatic heterocycles. The number of rotatable bonds is 4. The van der Waals surface area contributed by atoms with Crippen LogP contribution in [-0.4, -0.2) is 53.2 Å². The fraction of sp³-hybridized carbons (Fsp3) is 0.778. The molecule has 1 heterocycles. The Morgan fingerprint density at radius 2 is 2.05 bits per heavy atom. The minimum absolute atomic E-state index is 0.136. The summed E-state index contributed by atoms with van der Waals surface area (Å²) in [6.07, 6.45) is -1.60. The van der Waals surface area contributed by atoms with E-state index < -0.39 is 39.8 Å². The molecule has 0 aromatic heterocycles. The standard InChI is InChI=1S/C9H16N2O6S2/c1-5(2)17-9(14)10-19(15,16)11-6(3)18-4-7(11)8(12)13/h5-7H,4H2,1-3H3,(H,10,14)(H,12,13). The number of amides is 1. The van der Waals surface area contributed by atoms with E-state index in [9.17, 15) is 18.0 Å². The van der Waals surface area contributed by atoms with Gasteiger partial charge in [-0.1, -0.05) is 0 Å². The van der Waals surface area contributed by atoms with E-state index >= 15 is 0 Å². The van der Waals surface area contributed by atoms with E-state index in [1.165, 1.54) is 11.8 Å². The summed E-state index contributed by atoms with van der Waals surface area (Å²) in [4.78, 5) is 22.3. The Balaban J connectivity index is 2.86. The first-order valence-corrected chi connectivity index (χ1v) is 8.00. The van der Waals surface area contributed by atoms with E-state index in [-0.39, 0.29) is 5.75 Å². The molecule has 1 saturated heterocycles. The predicted molar refractivity (Wildman–Crippen MR) is 68.9 cm³/mol. The van der Waals surface area contributed by atoms with Crippen molar-refractivity contribution >= 4 is 34.0 Å². The molecule has 1 rings (SSSR count). The number of hydrogen-bond donors (Lipinski definition) is 2. The topological polar surface area (TPSA) is 113 Å². The lowest BCUT2D eigenvalue weighted by Gasteiger charge is -2.24. The van der Waals surface area contributed by atoms with E-state index in [0.717, 1.165) is 4.31 Å². The third-order valence-corrected chi connectivity index (χ3v) is 5.18. The van der Waals surface area contributed by atoms with Crippen molar-refractivity contribution in [3.05, 3.63) is 0 Å². The van der Waals surface area contributed by atoms with Crippen molar-refractivity contribution in [1.82, 2.24) is 9.03 Å². The van der Waals surface area contributed by atoms with Gasteiger partial charge in [-0.3, -0.25) is 4.79 Å². The summed E-state index contributed by atoms with van der Waals surface area (Å²) in [5, 5.41) is 8.42. The Kier molecular flexibility index (Phi) is 5.04. The molecule has 1 fully saturated rings. The second kappa shape index (κ2) is 5.97. The molecule has 0 bridgehead atoms. The van der Waals surface area contributed by atoms with Gasteiger partial charge in [0.2, 0.25) is 0 Å². The Labute approximate surface area is 115 Å². The van der Waals surface area contributed by atoms with Gasteiger partial charge in [0, 0.05) is 5.75 Å². The smallest absolute Gasteiger partial charge is 0.422 e. The number of thioether (sulfide) groups is 1. The van der Waals surface area contributed by atoms with Gasteiger partial charge in [-0.25, -0.2) is 9.52 Å². The molecule has 0 spiro atoms. The highest BCUT2D eigenvalue weighted by Gasteiger charge is 2.44. The van der Waals surface area contributed by atoms with Crippen LogP contribution in [0.4, 0.5) is 4.79 Å². The second-order valence-electron chi connectivity index (χ2n) is 4.18. The van der Waals surface area contributed by atoms with Crippen LogP contribution in [0.3, 0.4) is 0 Å². The molecule has 0 aliphatic carbocycles. The van der Waals surface area contributed by atoms with E-state index in [4.69, 9.17) is 5.11 Å². The van der Waals surface area contributed by atoms with Crippen LogP contribution >= 0.6 is 11.8 Å². The van der Waals surface area contributed by atoms with Crippen LogP contribution in [0.15, 0.2) is 0 Å². The summed E-state index contributed by atoms with van der Waals surface area (Å²) in [5.74, 6) is -1.11. The van der Waals surface area contributed by atoms with Crippen LogP contribution in [0.2, 0.25) is 0 Å². The van der Waals surface area contributed by atoms with Crippen molar-refractivity contribution in [3.63, 3.8) is 0 Å². The first-order valence-electron chi connectivity index (χ1n) is 5.51. The molecule has 2 unspecified atom stereocenters. The van der Waals surface area contributed by atoms with Gasteiger partial charge in [-0.15, -0.1) is 11.8 Å². The maximum Gasteiger partial charge on any atom is 0.422 e. The molecule has 0 saturated carbocycles. The summed E-state index contributed by atoms with van der Waals surface area (Å²) < 4.78 is 31.1. The van der Waals surface area contributed by atoms with Gasteiger partial charge in [0.1, 0.15) is 6.04 Å². The average Bonchev–Trinajstić information content (AvgIpc) is 2.58. The number of nitrogens with one attached hydrogen (secondary N) is 1. The van der Waals surface area contributed by atoms with Crippen molar-refractivity contribution in [1.29, 1.82) is 0 Å². The molecule has 10 heteroatoms. The summed E-state index contributed by atoms with van der Waals surface area (Å²) in [7, 11) is -4.24. The first-order chi connectivity index (χ1) is 8.65. The van der Waals surface area contributed by atoms with Crippen LogP contribution in [0.5, 0.6) is 0 Å². The molecule has 8 nitrogen and oxygen atoms in total. The first kappa shape index (κ1) is 16.1. The maximum absolute atomic E-state index is 12.0. The van der Waals surface area contributed by atoms with Crippen molar-refractivity contribution in [3.8, 4) is 0 Å². The van der Waals surface area contributed by atoms with Crippen LogP contribution in [0, 0.1) is 0 Å². The van der Waals surface area contributed by atoms with Gasteiger partial charge in [-0.2, -0.15) is 12.7 Å². The van der Waals surface area contributed by atoms with Gasteiger partial charge < -0.3 is 9.84 Å². The van der Waals surface area contributed by atoms with Crippen molar-refractivity contribution < 1.29 is 27.9 Å². The molecule has 19 heavy (non-hydrogen) atoms. The Bertz CT molecular complexity index is 463. The molecule has 1 amide bonds. The SMILES string of the molecule is CC(C)OC(=O)NS(=O)(=O)N1C(C)SCC1C(=O)O. The molecular formula is C9H16N2O6S2. The third-order valence-electron chi connectivity index (χ3n) is 2.28. The normalized spacial score (nSPS) is 24.4. The van der Waals surface area contributed by atoms with Gasteiger partial charge in [0.05, 0.1) is 11.5 Å². The lowest BCUT2D eigenvalue weighted by atomic mass is 10.3. The fourth-order valence-corrected chi connectivity index (χ4v) is 4.50. The van der Waals surface area contributed by atoms with Gasteiger partial charge in [-0.05, 0) is 20.8 Å².